The van der Waals surface area contributed by atoms with Crippen molar-refractivity contribution in [2.75, 3.05) is 7.11 Å². The monoisotopic (exact) mass is 173 g/mol. The lowest BCUT2D eigenvalue weighted by atomic mass is 10.2. The number of rotatable bonds is 3. The van der Waals surface area contributed by atoms with Crippen molar-refractivity contribution in [3.63, 3.8) is 0 Å². The Kier molecular flexibility index (Phi) is 3.10. The first-order valence-corrected chi connectivity index (χ1v) is 3.46. The standard InChI is InChI=1S/C8H9F2NO/c1-12-5-6-2-3-7(8(9)10)11-4-6/h2-4,8H,5H2,1H3. The summed E-state index contributed by atoms with van der Waals surface area (Å²) in [6, 6.07) is 2.89. The lowest BCUT2D eigenvalue weighted by Crippen LogP contribution is -1.93. The maximum absolute atomic E-state index is 12.0. The zero-order valence-electron chi connectivity index (χ0n) is 6.63. The minimum Gasteiger partial charge on any atom is -0.380 e. The van der Waals surface area contributed by atoms with Crippen LogP contribution in [0, 0.1) is 0 Å². The number of aromatic nitrogens is 1. The van der Waals surface area contributed by atoms with Crippen LogP contribution in [0.4, 0.5) is 8.78 Å². The highest BCUT2D eigenvalue weighted by atomic mass is 19.3. The summed E-state index contributed by atoms with van der Waals surface area (Å²) < 4.78 is 28.8. The highest BCUT2D eigenvalue weighted by Gasteiger charge is 2.06. The second-order valence-corrected chi connectivity index (χ2v) is 2.33. The quantitative estimate of drug-likeness (QED) is 0.698. The first-order chi connectivity index (χ1) is 5.74. The predicted molar refractivity (Wildman–Crippen MR) is 39.9 cm³/mol. The van der Waals surface area contributed by atoms with Gasteiger partial charge in [0.05, 0.1) is 6.61 Å². The number of hydrogen-bond acceptors (Lipinski definition) is 2. The van der Waals surface area contributed by atoms with E-state index in [0.717, 1.165) is 5.56 Å². The van der Waals surface area contributed by atoms with Gasteiger partial charge in [-0.1, -0.05) is 6.07 Å². The van der Waals surface area contributed by atoms with Crippen molar-refractivity contribution in [2.45, 2.75) is 13.0 Å². The smallest absolute Gasteiger partial charge is 0.280 e. The van der Waals surface area contributed by atoms with E-state index in [1.807, 2.05) is 0 Å². The van der Waals surface area contributed by atoms with Crippen LogP contribution in [0.1, 0.15) is 17.7 Å². The SMILES string of the molecule is COCc1ccc(C(F)F)nc1. The average Bonchev–Trinajstić information content (AvgIpc) is 2.06. The van der Waals surface area contributed by atoms with Gasteiger partial charge in [-0.15, -0.1) is 0 Å². The summed E-state index contributed by atoms with van der Waals surface area (Å²) in [6.45, 7) is 0.399. The fourth-order valence-corrected chi connectivity index (χ4v) is 0.817. The molecule has 0 unspecified atom stereocenters. The zero-order chi connectivity index (χ0) is 8.97. The molecule has 0 spiro atoms. The number of methoxy groups -OCH3 is 1. The van der Waals surface area contributed by atoms with Crippen LogP contribution in [0.25, 0.3) is 0 Å². The third-order valence-electron chi connectivity index (χ3n) is 1.38. The van der Waals surface area contributed by atoms with Gasteiger partial charge in [-0.3, -0.25) is 4.98 Å². The number of pyridine rings is 1. The van der Waals surface area contributed by atoms with E-state index < -0.39 is 6.43 Å². The molecule has 0 amide bonds. The summed E-state index contributed by atoms with van der Waals surface area (Å²) in [7, 11) is 1.54. The van der Waals surface area contributed by atoms with Gasteiger partial charge in [-0.05, 0) is 11.6 Å². The molecule has 1 rings (SSSR count). The van der Waals surface area contributed by atoms with Crippen LogP contribution in [0.15, 0.2) is 18.3 Å². The summed E-state index contributed by atoms with van der Waals surface area (Å²) in [6.07, 6.45) is -1.10. The summed E-state index contributed by atoms with van der Waals surface area (Å²) in [5.74, 6) is 0. The Morgan fingerprint density at radius 3 is 2.67 bits per heavy atom. The van der Waals surface area contributed by atoms with Crippen molar-refractivity contribution in [3.05, 3.63) is 29.6 Å². The lowest BCUT2D eigenvalue weighted by molar-refractivity contribution is 0.145. The van der Waals surface area contributed by atoms with Gasteiger partial charge >= 0.3 is 0 Å². The van der Waals surface area contributed by atoms with E-state index in [1.54, 1.807) is 13.2 Å². The highest BCUT2D eigenvalue weighted by molar-refractivity contribution is 5.13. The molecule has 0 aliphatic rings. The van der Waals surface area contributed by atoms with Gasteiger partial charge in [0.15, 0.2) is 0 Å². The van der Waals surface area contributed by atoms with E-state index in [2.05, 4.69) is 4.98 Å². The number of halogens is 2. The molecule has 0 N–H and O–H groups in total. The normalized spacial score (nSPS) is 10.7. The molecule has 0 aliphatic heterocycles. The molecule has 1 aromatic rings. The minimum absolute atomic E-state index is 0.199. The Morgan fingerprint density at radius 1 is 1.50 bits per heavy atom. The Bertz CT molecular complexity index is 235. The molecule has 4 heteroatoms. The molecule has 0 bridgehead atoms. The van der Waals surface area contributed by atoms with Crippen LogP contribution >= 0.6 is 0 Å². The van der Waals surface area contributed by atoms with Gasteiger partial charge in [0, 0.05) is 13.3 Å². The van der Waals surface area contributed by atoms with E-state index in [0.29, 0.717) is 6.61 Å². The van der Waals surface area contributed by atoms with E-state index in [4.69, 9.17) is 4.74 Å². The van der Waals surface area contributed by atoms with Crippen LogP contribution < -0.4 is 0 Å². The Morgan fingerprint density at radius 2 is 2.25 bits per heavy atom. The number of alkyl halides is 2. The summed E-state index contributed by atoms with van der Waals surface area (Å²) in [4.78, 5) is 3.57. The molecule has 0 saturated heterocycles. The molecular formula is C8H9F2NO. The van der Waals surface area contributed by atoms with E-state index in [9.17, 15) is 8.78 Å². The average molecular weight is 173 g/mol. The van der Waals surface area contributed by atoms with Gasteiger partial charge in [-0.25, -0.2) is 8.78 Å². The van der Waals surface area contributed by atoms with Crippen molar-refractivity contribution >= 4 is 0 Å². The van der Waals surface area contributed by atoms with E-state index >= 15 is 0 Å². The molecule has 0 saturated carbocycles. The molecular weight excluding hydrogens is 164 g/mol. The number of hydrogen-bond donors (Lipinski definition) is 0. The molecule has 66 valence electrons. The molecule has 0 aromatic carbocycles. The second-order valence-electron chi connectivity index (χ2n) is 2.33. The van der Waals surface area contributed by atoms with Gasteiger partial charge in [-0.2, -0.15) is 0 Å². The van der Waals surface area contributed by atoms with Crippen LogP contribution in [0.3, 0.4) is 0 Å². The van der Waals surface area contributed by atoms with Crippen LogP contribution in [0.5, 0.6) is 0 Å². The number of ether oxygens (including phenoxy) is 1. The number of nitrogens with zero attached hydrogens (tertiary/aromatic N) is 1. The van der Waals surface area contributed by atoms with Gasteiger partial charge < -0.3 is 4.74 Å². The van der Waals surface area contributed by atoms with Crippen molar-refractivity contribution in [1.29, 1.82) is 0 Å². The van der Waals surface area contributed by atoms with Crippen molar-refractivity contribution in [3.8, 4) is 0 Å². The van der Waals surface area contributed by atoms with Crippen LogP contribution in [-0.4, -0.2) is 12.1 Å². The fraction of sp³-hybridized carbons (Fsp3) is 0.375. The van der Waals surface area contributed by atoms with Gasteiger partial charge in [0.2, 0.25) is 0 Å². The molecule has 12 heavy (non-hydrogen) atoms. The molecule has 0 aliphatic carbocycles. The van der Waals surface area contributed by atoms with E-state index in [1.165, 1.54) is 12.3 Å². The molecule has 0 radical (unpaired) electrons. The Balaban J connectivity index is 2.71. The molecule has 0 fully saturated rings. The molecule has 1 heterocycles. The molecule has 1 aromatic heterocycles. The van der Waals surface area contributed by atoms with Gasteiger partial charge in [0.1, 0.15) is 5.69 Å². The van der Waals surface area contributed by atoms with Crippen molar-refractivity contribution in [2.24, 2.45) is 0 Å². The maximum Gasteiger partial charge on any atom is 0.280 e. The third-order valence-corrected chi connectivity index (χ3v) is 1.38. The van der Waals surface area contributed by atoms with Gasteiger partial charge in [0.25, 0.3) is 6.43 Å². The zero-order valence-corrected chi connectivity index (χ0v) is 6.63. The summed E-state index contributed by atoms with van der Waals surface area (Å²) >= 11 is 0. The predicted octanol–water partition coefficient (Wildman–Crippen LogP) is 2.17. The summed E-state index contributed by atoms with van der Waals surface area (Å²) in [5, 5.41) is 0. The fourth-order valence-electron chi connectivity index (χ4n) is 0.817. The molecule has 2 nitrogen and oxygen atoms in total. The Labute approximate surface area is 69.2 Å². The van der Waals surface area contributed by atoms with Crippen LogP contribution in [-0.2, 0) is 11.3 Å². The minimum atomic E-state index is -2.50. The maximum atomic E-state index is 12.0. The topological polar surface area (TPSA) is 22.1 Å². The third kappa shape index (κ3) is 2.23. The van der Waals surface area contributed by atoms with Crippen molar-refractivity contribution in [1.82, 2.24) is 4.98 Å². The lowest BCUT2D eigenvalue weighted by Gasteiger charge is -2.00. The van der Waals surface area contributed by atoms with Crippen LogP contribution in [0.2, 0.25) is 0 Å². The first-order valence-electron chi connectivity index (χ1n) is 3.46. The highest BCUT2D eigenvalue weighted by Crippen LogP contribution is 2.15. The first kappa shape index (κ1) is 9.06. The largest absolute Gasteiger partial charge is 0.380 e. The Hall–Kier alpha value is -1.03. The van der Waals surface area contributed by atoms with Crippen molar-refractivity contribution < 1.29 is 13.5 Å². The summed E-state index contributed by atoms with van der Waals surface area (Å²) in [5.41, 5.74) is 0.594. The van der Waals surface area contributed by atoms with E-state index in [-0.39, 0.29) is 5.69 Å². The molecule has 0 atom stereocenters. The second kappa shape index (κ2) is 4.11.